The highest BCUT2D eigenvalue weighted by molar-refractivity contribution is 6.30. The Bertz CT molecular complexity index is 942. The monoisotopic (exact) mass is 338 g/mol. The van der Waals surface area contributed by atoms with Crippen LogP contribution >= 0.6 is 11.6 Å². The first-order valence-corrected chi connectivity index (χ1v) is 8.88. The lowest BCUT2D eigenvalue weighted by molar-refractivity contribution is 0.353. The number of halogens is 1. The van der Waals surface area contributed by atoms with E-state index in [0.717, 1.165) is 29.4 Å². The van der Waals surface area contributed by atoms with Crippen LogP contribution in [0.3, 0.4) is 0 Å². The fourth-order valence-corrected chi connectivity index (χ4v) is 3.90. The van der Waals surface area contributed by atoms with Crippen LogP contribution in [0.5, 0.6) is 0 Å². The van der Waals surface area contributed by atoms with Crippen molar-refractivity contribution in [2.75, 3.05) is 0 Å². The summed E-state index contributed by atoms with van der Waals surface area (Å²) in [6.07, 6.45) is 7.46. The van der Waals surface area contributed by atoms with Crippen molar-refractivity contribution in [1.29, 1.82) is 0 Å². The van der Waals surface area contributed by atoms with Crippen LogP contribution < -0.4 is 5.56 Å². The van der Waals surface area contributed by atoms with Crippen LogP contribution in [0.15, 0.2) is 53.5 Å². The van der Waals surface area contributed by atoms with Gasteiger partial charge >= 0.3 is 0 Å². The molecule has 0 radical (unpaired) electrons. The molecule has 0 unspecified atom stereocenters. The fraction of sp³-hybridized carbons (Fsp3) is 0.300. The first-order valence-electron chi connectivity index (χ1n) is 8.50. The van der Waals surface area contributed by atoms with Crippen LogP contribution in [0.25, 0.3) is 22.2 Å². The average Bonchev–Trinajstić information content (AvgIpc) is 2.62. The number of aromatic nitrogens is 2. The van der Waals surface area contributed by atoms with E-state index in [4.69, 9.17) is 11.6 Å². The number of pyridine rings is 2. The summed E-state index contributed by atoms with van der Waals surface area (Å²) in [5, 5.41) is 1.64. The molecule has 0 spiro atoms. The van der Waals surface area contributed by atoms with Crippen LogP contribution in [-0.2, 0) is 0 Å². The zero-order valence-corrected chi connectivity index (χ0v) is 14.2. The third-order valence-corrected chi connectivity index (χ3v) is 5.10. The molecule has 0 bridgehead atoms. The zero-order chi connectivity index (χ0) is 16.5. The van der Waals surface area contributed by atoms with Crippen molar-refractivity contribution < 1.29 is 0 Å². The van der Waals surface area contributed by atoms with E-state index in [-0.39, 0.29) is 11.6 Å². The minimum Gasteiger partial charge on any atom is -0.289 e. The molecule has 4 heteroatoms. The quantitative estimate of drug-likeness (QED) is 0.642. The number of fused-ring (bicyclic) bond motifs is 1. The topological polar surface area (TPSA) is 34.9 Å². The van der Waals surface area contributed by atoms with Gasteiger partial charge in [0.05, 0.1) is 0 Å². The Hall–Kier alpha value is -2.13. The molecule has 1 saturated carbocycles. The van der Waals surface area contributed by atoms with Gasteiger partial charge in [0.1, 0.15) is 5.65 Å². The molecule has 3 nitrogen and oxygen atoms in total. The normalized spacial score (nSPS) is 15.7. The largest absolute Gasteiger partial charge is 0.289 e. The third-order valence-electron chi connectivity index (χ3n) is 4.87. The predicted octanol–water partition coefficient (Wildman–Crippen LogP) is 5.22. The van der Waals surface area contributed by atoms with Crippen LogP contribution in [0.4, 0.5) is 0 Å². The van der Waals surface area contributed by atoms with E-state index >= 15 is 0 Å². The third kappa shape index (κ3) is 2.73. The van der Waals surface area contributed by atoms with Gasteiger partial charge in [0.15, 0.2) is 0 Å². The van der Waals surface area contributed by atoms with Gasteiger partial charge in [-0.3, -0.25) is 9.36 Å². The lowest BCUT2D eigenvalue weighted by Crippen LogP contribution is -2.28. The van der Waals surface area contributed by atoms with E-state index in [0.29, 0.717) is 10.6 Å². The molecule has 0 atom stereocenters. The van der Waals surface area contributed by atoms with Crippen LogP contribution in [0, 0.1) is 0 Å². The molecule has 0 amide bonds. The lowest BCUT2D eigenvalue weighted by atomic mass is 9.94. The molecule has 2 aromatic heterocycles. The maximum atomic E-state index is 13.3. The highest BCUT2D eigenvalue weighted by Gasteiger charge is 2.21. The second-order valence-corrected chi connectivity index (χ2v) is 6.89. The van der Waals surface area contributed by atoms with Gasteiger partial charge in [0.2, 0.25) is 0 Å². The molecule has 2 heterocycles. The smallest absolute Gasteiger partial charge is 0.260 e. The zero-order valence-electron chi connectivity index (χ0n) is 13.4. The Balaban J connectivity index is 1.99. The molecule has 1 aliphatic carbocycles. The summed E-state index contributed by atoms with van der Waals surface area (Å²) in [6, 6.07) is 13.6. The van der Waals surface area contributed by atoms with Gasteiger partial charge in [0.25, 0.3) is 5.56 Å². The van der Waals surface area contributed by atoms with Crippen LogP contribution in [0.2, 0.25) is 5.02 Å². The number of hydrogen-bond donors (Lipinski definition) is 0. The number of nitrogens with zero attached hydrogens (tertiary/aromatic N) is 2. The molecule has 122 valence electrons. The Kier molecular flexibility index (Phi) is 4.11. The Morgan fingerprint density at radius 2 is 1.88 bits per heavy atom. The van der Waals surface area contributed by atoms with Crippen molar-refractivity contribution in [1.82, 2.24) is 9.55 Å². The predicted molar refractivity (Wildman–Crippen MR) is 98.6 cm³/mol. The maximum Gasteiger partial charge on any atom is 0.260 e. The summed E-state index contributed by atoms with van der Waals surface area (Å²) in [5.74, 6) is 0. The van der Waals surface area contributed by atoms with Gasteiger partial charge in [-0.25, -0.2) is 4.98 Å². The van der Waals surface area contributed by atoms with Crippen molar-refractivity contribution in [3.8, 4) is 11.1 Å². The molecule has 1 fully saturated rings. The molecule has 1 aromatic carbocycles. The number of benzene rings is 1. The standard InChI is InChI=1S/C20H19ClN2O/c21-16-8-4-6-14(12-16)18-13-15-7-5-11-22-19(15)23(20(18)24)17-9-2-1-3-10-17/h4-8,11-13,17H,1-3,9-10H2. The van der Waals surface area contributed by atoms with Crippen molar-refractivity contribution in [3.05, 3.63) is 64.0 Å². The van der Waals surface area contributed by atoms with E-state index < -0.39 is 0 Å². The molecule has 0 aliphatic heterocycles. The fourth-order valence-electron chi connectivity index (χ4n) is 3.71. The van der Waals surface area contributed by atoms with Gasteiger partial charge in [-0.2, -0.15) is 0 Å². The number of rotatable bonds is 2. The molecule has 4 rings (SSSR count). The lowest BCUT2D eigenvalue weighted by Gasteiger charge is -2.25. The Morgan fingerprint density at radius 1 is 1.04 bits per heavy atom. The highest BCUT2D eigenvalue weighted by atomic mass is 35.5. The summed E-state index contributed by atoms with van der Waals surface area (Å²) < 4.78 is 1.92. The Labute approximate surface area is 145 Å². The summed E-state index contributed by atoms with van der Waals surface area (Å²) in [4.78, 5) is 17.8. The van der Waals surface area contributed by atoms with Gasteiger partial charge in [-0.1, -0.05) is 43.0 Å². The second-order valence-electron chi connectivity index (χ2n) is 6.45. The summed E-state index contributed by atoms with van der Waals surface area (Å²) in [5.41, 5.74) is 2.39. The second kappa shape index (κ2) is 6.40. The SMILES string of the molecule is O=c1c(-c2cccc(Cl)c2)cc2cccnc2n1C1CCCCC1. The summed E-state index contributed by atoms with van der Waals surface area (Å²) >= 11 is 6.13. The van der Waals surface area contributed by atoms with Crippen molar-refractivity contribution in [2.45, 2.75) is 38.1 Å². The molecule has 0 N–H and O–H groups in total. The van der Waals surface area contributed by atoms with Gasteiger partial charge < -0.3 is 0 Å². The maximum absolute atomic E-state index is 13.3. The molecule has 0 saturated heterocycles. The molecule has 3 aromatic rings. The number of hydrogen-bond acceptors (Lipinski definition) is 2. The molecular formula is C20H19ClN2O. The minimum absolute atomic E-state index is 0.0374. The average molecular weight is 339 g/mol. The highest BCUT2D eigenvalue weighted by Crippen LogP contribution is 2.31. The van der Waals surface area contributed by atoms with Crippen molar-refractivity contribution in [3.63, 3.8) is 0 Å². The van der Waals surface area contributed by atoms with Crippen molar-refractivity contribution >= 4 is 22.6 Å². The molecule has 1 aliphatic rings. The van der Waals surface area contributed by atoms with Crippen molar-refractivity contribution in [2.24, 2.45) is 0 Å². The van der Waals surface area contributed by atoms with E-state index in [1.807, 2.05) is 47.0 Å². The van der Waals surface area contributed by atoms with Gasteiger partial charge in [-0.15, -0.1) is 0 Å². The first kappa shape index (κ1) is 15.4. The first-order chi connectivity index (χ1) is 11.7. The van der Waals surface area contributed by atoms with E-state index in [2.05, 4.69) is 4.98 Å². The Morgan fingerprint density at radius 3 is 2.67 bits per heavy atom. The summed E-state index contributed by atoms with van der Waals surface area (Å²) in [7, 11) is 0. The van der Waals surface area contributed by atoms with E-state index in [1.165, 1.54) is 19.3 Å². The van der Waals surface area contributed by atoms with E-state index in [1.54, 1.807) is 6.20 Å². The molecule has 24 heavy (non-hydrogen) atoms. The van der Waals surface area contributed by atoms with Crippen LogP contribution in [-0.4, -0.2) is 9.55 Å². The van der Waals surface area contributed by atoms with E-state index in [9.17, 15) is 4.79 Å². The minimum atomic E-state index is 0.0374. The molecular weight excluding hydrogens is 320 g/mol. The van der Waals surface area contributed by atoms with Crippen LogP contribution in [0.1, 0.15) is 38.1 Å². The van der Waals surface area contributed by atoms with Gasteiger partial charge in [0, 0.05) is 28.2 Å². The summed E-state index contributed by atoms with van der Waals surface area (Å²) in [6.45, 7) is 0. The van der Waals surface area contributed by atoms with Gasteiger partial charge in [-0.05, 0) is 48.7 Å².